The summed E-state index contributed by atoms with van der Waals surface area (Å²) in [6.45, 7) is 2.80. The molecule has 0 unspecified atom stereocenters. The Balaban J connectivity index is 1.86. The van der Waals surface area contributed by atoms with E-state index in [0.29, 0.717) is 41.8 Å². The van der Waals surface area contributed by atoms with E-state index in [0.717, 1.165) is 5.69 Å². The average molecular weight is 285 g/mol. The van der Waals surface area contributed by atoms with Crippen molar-refractivity contribution in [2.75, 3.05) is 24.3 Å². The van der Waals surface area contributed by atoms with Crippen LogP contribution >= 0.6 is 0 Å². The summed E-state index contributed by atoms with van der Waals surface area (Å²) < 4.78 is 10.9. The molecule has 0 bridgehead atoms. The fourth-order valence-electron chi connectivity index (χ4n) is 2.07. The van der Waals surface area contributed by atoms with Crippen LogP contribution in [0.15, 0.2) is 30.3 Å². The fraction of sp³-hybridized carbons (Fsp3) is 0.200. The van der Waals surface area contributed by atoms with Crippen LogP contribution in [0.4, 0.5) is 11.4 Å². The zero-order valence-electron chi connectivity index (χ0n) is 11.6. The molecule has 0 saturated heterocycles. The van der Waals surface area contributed by atoms with Gasteiger partial charge in [0, 0.05) is 17.8 Å². The number of carbonyl (C=O) groups excluding carboxylic acids is 1. The average Bonchev–Trinajstić information content (AvgIpc) is 2.48. The molecule has 1 aromatic heterocycles. The number of carbonyl (C=O) groups is 1. The molecule has 0 fully saturated rings. The molecule has 6 heteroatoms. The summed E-state index contributed by atoms with van der Waals surface area (Å²) >= 11 is 0. The normalized spacial score (nSPS) is 12.8. The van der Waals surface area contributed by atoms with Gasteiger partial charge in [-0.15, -0.1) is 0 Å². The third-order valence-electron chi connectivity index (χ3n) is 3.08. The molecule has 3 rings (SSSR count). The molecule has 0 radical (unpaired) electrons. The van der Waals surface area contributed by atoms with E-state index in [1.807, 2.05) is 13.0 Å². The lowest BCUT2D eigenvalue weighted by Gasteiger charge is -2.20. The van der Waals surface area contributed by atoms with Crippen molar-refractivity contribution < 1.29 is 14.3 Å². The van der Waals surface area contributed by atoms with Crippen LogP contribution in [0.2, 0.25) is 0 Å². The van der Waals surface area contributed by atoms with E-state index >= 15 is 0 Å². The first-order valence-electron chi connectivity index (χ1n) is 6.57. The Morgan fingerprint density at radius 2 is 1.95 bits per heavy atom. The Hall–Kier alpha value is -2.76. The Morgan fingerprint density at radius 1 is 1.24 bits per heavy atom. The number of hydrogen-bond donors (Lipinski definition) is 2. The molecule has 2 heterocycles. The number of benzene rings is 1. The number of anilines is 2. The van der Waals surface area contributed by atoms with Gasteiger partial charge in [-0.2, -0.15) is 0 Å². The minimum Gasteiger partial charge on any atom is -0.486 e. The van der Waals surface area contributed by atoms with Gasteiger partial charge in [0.2, 0.25) is 0 Å². The van der Waals surface area contributed by atoms with Crippen LogP contribution in [-0.2, 0) is 0 Å². The molecule has 108 valence electrons. The lowest BCUT2D eigenvalue weighted by Crippen LogP contribution is -2.18. The number of nitrogens with zero attached hydrogens (tertiary/aromatic N) is 1. The van der Waals surface area contributed by atoms with Crippen LogP contribution in [0.1, 0.15) is 16.2 Å². The maximum atomic E-state index is 12.2. The Morgan fingerprint density at radius 3 is 2.67 bits per heavy atom. The molecular formula is C15H15N3O3. The third-order valence-corrected chi connectivity index (χ3v) is 3.08. The Labute approximate surface area is 121 Å². The quantitative estimate of drug-likeness (QED) is 0.824. The first-order valence-corrected chi connectivity index (χ1v) is 6.57. The van der Waals surface area contributed by atoms with E-state index in [1.165, 1.54) is 0 Å². The predicted octanol–water partition coefficient (Wildman–Crippen LogP) is 2.00. The standard InChI is InChI=1S/C15H15N3O3/c1-9-3-2-4-11(17-9)15(19)18-12-8-14-13(7-10(12)16)20-5-6-21-14/h2-4,7-8H,5-6,16H2,1H3,(H,18,19). The summed E-state index contributed by atoms with van der Waals surface area (Å²) in [4.78, 5) is 16.4. The summed E-state index contributed by atoms with van der Waals surface area (Å²) in [5, 5.41) is 2.74. The van der Waals surface area contributed by atoms with Gasteiger partial charge >= 0.3 is 0 Å². The SMILES string of the molecule is Cc1cccc(C(=O)Nc2cc3c(cc2N)OCCO3)n1. The number of amides is 1. The van der Waals surface area contributed by atoms with Crippen molar-refractivity contribution in [3.63, 3.8) is 0 Å². The van der Waals surface area contributed by atoms with Crippen molar-refractivity contribution in [1.29, 1.82) is 0 Å². The summed E-state index contributed by atoms with van der Waals surface area (Å²) in [5.74, 6) is 0.843. The van der Waals surface area contributed by atoms with Crippen molar-refractivity contribution in [3.8, 4) is 11.5 Å². The molecule has 1 aromatic carbocycles. The lowest BCUT2D eigenvalue weighted by molar-refractivity contribution is 0.102. The van der Waals surface area contributed by atoms with Crippen molar-refractivity contribution in [1.82, 2.24) is 4.98 Å². The number of pyridine rings is 1. The van der Waals surface area contributed by atoms with Gasteiger partial charge in [0.25, 0.3) is 5.91 Å². The second kappa shape index (κ2) is 5.32. The monoisotopic (exact) mass is 285 g/mol. The number of ether oxygens (including phenoxy) is 2. The van der Waals surface area contributed by atoms with Crippen molar-refractivity contribution in [2.45, 2.75) is 6.92 Å². The first-order chi connectivity index (χ1) is 10.1. The van der Waals surface area contributed by atoms with Crippen LogP contribution in [-0.4, -0.2) is 24.1 Å². The largest absolute Gasteiger partial charge is 0.486 e. The summed E-state index contributed by atoms with van der Waals surface area (Å²) in [6.07, 6.45) is 0. The van der Waals surface area contributed by atoms with E-state index in [9.17, 15) is 4.79 Å². The maximum Gasteiger partial charge on any atom is 0.274 e. The summed E-state index contributed by atoms with van der Waals surface area (Å²) in [5.41, 5.74) is 7.94. The van der Waals surface area contributed by atoms with Crippen molar-refractivity contribution in [2.24, 2.45) is 0 Å². The van der Waals surface area contributed by atoms with Crippen LogP contribution in [0.25, 0.3) is 0 Å². The molecule has 0 atom stereocenters. The topological polar surface area (TPSA) is 86.5 Å². The number of fused-ring (bicyclic) bond motifs is 1. The molecule has 1 aliphatic rings. The van der Waals surface area contributed by atoms with Gasteiger partial charge in [-0.05, 0) is 19.1 Å². The second-order valence-electron chi connectivity index (χ2n) is 4.70. The highest BCUT2D eigenvalue weighted by Crippen LogP contribution is 2.37. The first kappa shape index (κ1) is 13.2. The van der Waals surface area contributed by atoms with E-state index in [1.54, 1.807) is 24.3 Å². The molecule has 0 saturated carbocycles. The van der Waals surface area contributed by atoms with Gasteiger partial charge in [-0.3, -0.25) is 4.79 Å². The molecular weight excluding hydrogens is 270 g/mol. The van der Waals surface area contributed by atoms with Crippen molar-refractivity contribution >= 4 is 17.3 Å². The van der Waals surface area contributed by atoms with E-state index in [4.69, 9.17) is 15.2 Å². The van der Waals surface area contributed by atoms with Crippen LogP contribution in [0.5, 0.6) is 11.5 Å². The number of nitrogens with two attached hydrogens (primary N) is 1. The van der Waals surface area contributed by atoms with Crippen LogP contribution in [0, 0.1) is 6.92 Å². The predicted molar refractivity (Wildman–Crippen MR) is 78.8 cm³/mol. The summed E-state index contributed by atoms with van der Waals surface area (Å²) in [7, 11) is 0. The molecule has 0 aliphatic carbocycles. The molecule has 0 spiro atoms. The second-order valence-corrected chi connectivity index (χ2v) is 4.70. The van der Waals surface area contributed by atoms with Crippen LogP contribution in [0.3, 0.4) is 0 Å². The molecule has 2 aromatic rings. The van der Waals surface area contributed by atoms with Gasteiger partial charge in [-0.25, -0.2) is 4.98 Å². The highest BCUT2D eigenvalue weighted by atomic mass is 16.6. The fourth-order valence-corrected chi connectivity index (χ4v) is 2.07. The Bertz CT molecular complexity index is 701. The van der Waals surface area contributed by atoms with Gasteiger partial charge in [0.1, 0.15) is 18.9 Å². The minimum absolute atomic E-state index is 0.318. The van der Waals surface area contributed by atoms with E-state index in [2.05, 4.69) is 10.3 Å². The number of aryl methyl sites for hydroxylation is 1. The molecule has 6 nitrogen and oxygen atoms in total. The number of aromatic nitrogens is 1. The highest BCUT2D eigenvalue weighted by molar-refractivity contribution is 6.04. The molecule has 1 amide bonds. The van der Waals surface area contributed by atoms with Crippen LogP contribution < -0.4 is 20.5 Å². The number of hydrogen-bond acceptors (Lipinski definition) is 5. The van der Waals surface area contributed by atoms with Gasteiger partial charge in [0.05, 0.1) is 11.4 Å². The van der Waals surface area contributed by atoms with Gasteiger partial charge in [-0.1, -0.05) is 6.07 Å². The summed E-state index contributed by atoms with van der Waals surface area (Å²) in [6, 6.07) is 8.57. The third kappa shape index (κ3) is 2.74. The lowest BCUT2D eigenvalue weighted by atomic mass is 10.2. The van der Waals surface area contributed by atoms with E-state index in [-0.39, 0.29) is 5.91 Å². The Kier molecular flexibility index (Phi) is 3.35. The van der Waals surface area contributed by atoms with Gasteiger partial charge < -0.3 is 20.5 Å². The molecule has 3 N–H and O–H groups in total. The maximum absolute atomic E-state index is 12.2. The molecule has 1 aliphatic heterocycles. The highest BCUT2D eigenvalue weighted by Gasteiger charge is 2.16. The zero-order chi connectivity index (χ0) is 14.8. The molecule has 21 heavy (non-hydrogen) atoms. The number of rotatable bonds is 2. The van der Waals surface area contributed by atoms with Crippen molar-refractivity contribution in [3.05, 3.63) is 41.7 Å². The zero-order valence-corrected chi connectivity index (χ0v) is 11.6. The smallest absolute Gasteiger partial charge is 0.274 e. The van der Waals surface area contributed by atoms with Gasteiger partial charge in [0.15, 0.2) is 11.5 Å². The minimum atomic E-state index is -0.318. The van der Waals surface area contributed by atoms with E-state index < -0.39 is 0 Å². The number of nitrogen functional groups attached to an aromatic ring is 1. The number of nitrogens with one attached hydrogen (secondary N) is 1.